The van der Waals surface area contributed by atoms with Crippen LogP contribution in [0.15, 0.2) is 26.5 Å². The number of amidine groups is 1. The third-order valence-corrected chi connectivity index (χ3v) is 2.08. The van der Waals surface area contributed by atoms with E-state index in [9.17, 15) is 0 Å². The Labute approximate surface area is 85.7 Å². The molecule has 0 bridgehead atoms. The van der Waals surface area contributed by atoms with Crippen molar-refractivity contribution in [3.63, 3.8) is 0 Å². The van der Waals surface area contributed by atoms with Gasteiger partial charge in [-0.15, -0.1) is 16.9 Å². The number of hydrogen-bond acceptors (Lipinski definition) is 4. The van der Waals surface area contributed by atoms with Gasteiger partial charge in [0.15, 0.2) is 0 Å². The molecule has 0 aliphatic carbocycles. The van der Waals surface area contributed by atoms with E-state index in [1.54, 1.807) is 18.0 Å². The van der Waals surface area contributed by atoms with Crippen molar-refractivity contribution in [3.8, 4) is 0 Å². The van der Waals surface area contributed by atoms with E-state index < -0.39 is 0 Å². The molecule has 1 heterocycles. The minimum absolute atomic E-state index is 0.0733. The Balaban J connectivity index is 2.53. The Morgan fingerprint density at radius 3 is 2.85 bits per heavy atom. The van der Waals surface area contributed by atoms with Crippen molar-refractivity contribution >= 4 is 39.9 Å². The summed E-state index contributed by atoms with van der Waals surface area (Å²) < 4.78 is 0. The van der Waals surface area contributed by atoms with Crippen LogP contribution in [0, 0.1) is 0 Å². The molecule has 6 heteroatoms. The van der Waals surface area contributed by atoms with Crippen LogP contribution in [0.25, 0.3) is 0 Å². The van der Waals surface area contributed by atoms with Gasteiger partial charge in [0.05, 0.1) is 6.21 Å². The molecule has 1 aliphatic heterocycles. The normalized spacial score (nSPS) is 20.5. The Kier molecular flexibility index (Phi) is 3.50. The predicted octanol–water partition coefficient (Wildman–Crippen LogP) is 1.57. The highest BCUT2D eigenvalue weighted by Crippen LogP contribution is 2.27. The first-order valence-electron chi connectivity index (χ1n) is 3.51. The first-order valence-corrected chi connectivity index (χ1v) is 5.11. The highest BCUT2D eigenvalue weighted by Gasteiger charge is 2.19. The van der Waals surface area contributed by atoms with Gasteiger partial charge in [0.2, 0.25) is 5.29 Å². The number of thioether (sulfide) groups is 1. The van der Waals surface area contributed by atoms with Crippen LogP contribution < -0.4 is 5.73 Å². The fraction of sp³-hybridized carbons (Fsp3) is 0.286. The molecule has 1 rings (SSSR count). The maximum Gasteiger partial charge on any atom is 0.214 e. The molecule has 0 atom stereocenters. The van der Waals surface area contributed by atoms with Crippen molar-refractivity contribution in [1.82, 2.24) is 0 Å². The lowest BCUT2D eigenvalue weighted by Gasteiger charge is -1.85. The van der Waals surface area contributed by atoms with Crippen LogP contribution in [0.4, 0.5) is 0 Å². The van der Waals surface area contributed by atoms with Crippen LogP contribution in [-0.4, -0.2) is 22.8 Å². The molecule has 0 radical (unpaired) electrons. The van der Waals surface area contributed by atoms with E-state index in [0.29, 0.717) is 0 Å². The van der Waals surface area contributed by atoms with Crippen molar-refractivity contribution in [3.05, 3.63) is 11.3 Å². The quantitative estimate of drug-likeness (QED) is 0.330. The first-order chi connectivity index (χ1) is 6.15. The lowest BCUT2D eigenvalue weighted by Crippen LogP contribution is -1.99. The standard InChI is InChI=1S/C7H9ClN4S/c1-4(3-10-12-7(8)9)5-6(11-5)13-2/h3H,1-2H3,(H2,9,12)/b5-4-,10-3-. The summed E-state index contributed by atoms with van der Waals surface area (Å²) in [5.41, 5.74) is 7.03. The number of hydrogen-bond donors (Lipinski definition) is 1. The molecular weight excluding hydrogens is 208 g/mol. The zero-order chi connectivity index (χ0) is 9.84. The summed E-state index contributed by atoms with van der Waals surface area (Å²) in [6.45, 7) is 1.91. The topological polar surface area (TPSA) is 63.1 Å². The van der Waals surface area contributed by atoms with Crippen LogP contribution >= 0.6 is 23.4 Å². The molecule has 0 saturated carbocycles. The molecule has 0 fully saturated rings. The molecule has 0 aromatic heterocycles. The number of rotatable bonds is 2. The Bertz CT molecular complexity index is 325. The summed E-state index contributed by atoms with van der Waals surface area (Å²) in [5, 5.41) is 8.10. The fourth-order valence-corrected chi connectivity index (χ4v) is 1.29. The largest absolute Gasteiger partial charge is 0.373 e. The van der Waals surface area contributed by atoms with Crippen molar-refractivity contribution in [2.45, 2.75) is 6.92 Å². The molecule has 0 unspecified atom stereocenters. The van der Waals surface area contributed by atoms with E-state index in [1.807, 2.05) is 13.2 Å². The van der Waals surface area contributed by atoms with Crippen molar-refractivity contribution < 1.29 is 0 Å². The van der Waals surface area contributed by atoms with Gasteiger partial charge in [0.1, 0.15) is 10.7 Å². The zero-order valence-electron chi connectivity index (χ0n) is 7.28. The van der Waals surface area contributed by atoms with E-state index in [0.717, 1.165) is 16.3 Å². The maximum atomic E-state index is 5.28. The molecule has 13 heavy (non-hydrogen) atoms. The predicted molar refractivity (Wildman–Crippen MR) is 59.6 cm³/mol. The average Bonchev–Trinajstić information content (AvgIpc) is 2.81. The number of nitrogens with zero attached hydrogens (tertiary/aromatic N) is 3. The minimum atomic E-state index is -0.0733. The number of halogens is 1. The lowest BCUT2D eigenvalue weighted by molar-refractivity contribution is 1.24. The molecule has 0 saturated heterocycles. The summed E-state index contributed by atoms with van der Waals surface area (Å²) in [5.74, 6) is 0. The monoisotopic (exact) mass is 216 g/mol. The van der Waals surface area contributed by atoms with E-state index in [-0.39, 0.29) is 5.29 Å². The highest BCUT2D eigenvalue weighted by molar-refractivity contribution is 8.14. The van der Waals surface area contributed by atoms with E-state index in [1.165, 1.54) is 0 Å². The van der Waals surface area contributed by atoms with Gasteiger partial charge in [-0.05, 0) is 30.4 Å². The van der Waals surface area contributed by atoms with Crippen LogP contribution in [-0.2, 0) is 0 Å². The molecule has 2 N–H and O–H groups in total. The van der Waals surface area contributed by atoms with E-state index in [4.69, 9.17) is 17.3 Å². The second kappa shape index (κ2) is 4.43. The maximum absolute atomic E-state index is 5.28. The van der Waals surface area contributed by atoms with Crippen LogP contribution in [0.1, 0.15) is 6.92 Å². The van der Waals surface area contributed by atoms with Gasteiger partial charge in [-0.3, -0.25) is 0 Å². The van der Waals surface area contributed by atoms with E-state index >= 15 is 0 Å². The molecule has 70 valence electrons. The lowest BCUT2D eigenvalue weighted by atomic mass is 10.3. The SMILES string of the molecule is CSC1=NC/1=C(C)\C=N/N=C(N)Cl. The van der Waals surface area contributed by atoms with Gasteiger partial charge < -0.3 is 5.73 Å². The second-order valence-corrected chi connectivity index (χ2v) is 3.50. The molecule has 0 spiro atoms. The van der Waals surface area contributed by atoms with Gasteiger partial charge >= 0.3 is 0 Å². The van der Waals surface area contributed by atoms with Gasteiger partial charge in [0.25, 0.3) is 0 Å². The van der Waals surface area contributed by atoms with Crippen molar-refractivity contribution in [1.29, 1.82) is 0 Å². The molecule has 0 aromatic carbocycles. The third kappa shape index (κ3) is 3.20. The summed E-state index contributed by atoms with van der Waals surface area (Å²) in [7, 11) is 0. The smallest absolute Gasteiger partial charge is 0.214 e. The summed E-state index contributed by atoms with van der Waals surface area (Å²) in [6, 6.07) is 0. The van der Waals surface area contributed by atoms with Crippen LogP contribution in [0.5, 0.6) is 0 Å². The second-order valence-electron chi connectivity index (χ2n) is 2.32. The molecule has 0 aromatic rings. The van der Waals surface area contributed by atoms with Gasteiger partial charge in [0, 0.05) is 0 Å². The van der Waals surface area contributed by atoms with Gasteiger partial charge in [-0.1, -0.05) is 0 Å². The Morgan fingerprint density at radius 2 is 2.38 bits per heavy atom. The van der Waals surface area contributed by atoms with Crippen LogP contribution in [0.2, 0.25) is 0 Å². The average molecular weight is 217 g/mol. The Hall–Kier alpha value is -0.810. The molecule has 0 amide bonds. The van der Waals surface area contributed by atoms with Gasteiger partial charge in [-0.25, -0.2) is 4.99 Å². The summed E-state index contributed by atoms with van der Waals surface area (Å²) in [6.07, 6.45) is 3.56. The molecular formula is C7H9ClN4S. The number of allylic oxidation sites excluding steroid dienone is 1. The number of aliphatic imine (C=N–C) groups is 1. The summed E-state index contributed by atoms with van der Waals surface area (Å²) >= 11 is 6.89. The fourth-order valence-electron chi connectivity index (χ4n) is 0.705. The summed E-state index contributed by atoms with van der Waals surface area (Å²) in [4.78, 5) is 4.13. The van der Waals surface area contributed by atoms with Crippen LogP contribution in [0.3, 0.4) is 0 Å². The van der Waals surface area contributed by atoms with E-state index in [2.05, 4.69) is 15.2 Å². The van der Waals surface area contributed by atoms with Gasteiger partial charge in [-0.2, -0.15) is 5.10 Å². The van der Waals surface area contributed by atoms with Crippen molar-refractivity contribution in [2.75, 3.05) is 6.26 Å². The molecule has 1 aliphatic rings. The Morgan fingerprint density at radius 1 is 1.69 bits per heavy atom. The molecule has 4 nitrogen and oxygen atoms in total. The first kappa shape index (κ1) is 10.3. The number of nitrogens with two attached hydrogens (primary N) is 1. The minimum Gasteiger partial charge on any atom is -0.373 e. The van der Waals surface area contributed by atoms with Crippen molar-refractivity contribution in [2.24, 2.45) is 20.9 Å². The third-order valence-electron chi connectivity index (χ3n) is 1.34. The highest BCUT2D eigenvalue weighted by atomic mass is 35.5. The zero-order valence-corrected chi connectivity index (χ0v) is 8.85.